The molecule has 1 rings (SSSR count). The Morgan fingerprint density at radius 2 is 1.95 bits per heavy atom. The molecule has 0 unspecified atom stereocenters. The zero-order valence-electron chi connectivity index (χ0n) is 13.9. The fourth-order valence-corrected chi connectivity index (χ4v) is 2.50. The van der Waals surface area contributed by atoms with Gasteiger partial charge >= 0.3 is 0 Å². The SMILES string of the molecule is Cc1cc(CNC(C)(C)C)cnc1N(C)CCS(C)(=O)=O. The zero-order chi connectivity index (χ0) is 16.3. The Kier molecular flexibility index (Phi) is 5.75. The Morgan fingerprint density at radius 1 is 1.33 bits per heavy atom. The van der Waals surface area contributed by atoms with Crippen molar-refractivity contribution in [2.75, 3.05) is 30.5 Å². The molecule has 0 spiro atoms. The summed E-state index contributed by atoms with van der Waals surface area (Å²) in [5.74, 6) is 0.968. The summed E-state index contributed by atoms with van der Waals surface area (Å²) in [6.07, 6.45) is 3.10. The fourth-order valence-electron chi connectivity index (χ4n) is 1.90. The fraction of sp³-hybridized carbons (Fsp3) is 0.667. The van der Waals surface area contributed by atoms with Crippen LogP contribution in [0.2, 0.25) is 0 Å². The van der Waals surface area contributed by atoms with Crippen molar-refractivity contribution in [3.63, 3.8) is 0 Å². The van der Waals surface area contributed by atoms with Crippen molar-refractivity contribution in [1.29, 1.82) is 0 Å². The van der Waals surface area contributed by atoms with Gasteiger partial charge in [0.1, 0.15) is 15.7 Å². The third-order valence-electron chi connectivity index (χ3n) is 3.09. The van der Waals surface area contributed by atoms with Gasteiger partial charge in [0, 0.05) is 38.1 Å². The molecule has 0 aromatic carbocycles. The highest BCUT2D eigenvalue weighted by molar-refractivity contribution is 7.90. The molecule has 0 saturated carbocycles. The van der Waals surface area contributed by atoms with Crippen LogP contribution in [0.1, 0.15) is 31.9 Å². The maximum Gasteiger partial charge on any atom is 0.149 e. The number of rotatable bonds is 6. The summed E-state index contributed by atoms with van der Waals surface area (Å²) in [5, 5.41) is 3.43. The predicted octanol–water partition coefficient (Wildman–Crippen LogP) is 1.76. The second-order valence-electron chi connectivity index (χ2n) is 6.64. The summed E-state index contributed by atoms with van der Waals surface area (Å²) in [7, 11) is -1.08. The summed E-state index contributed by atoms with van der Waals surface area (Å²) in [6.45, 7) is 9.60. The van der Waals surface area contributed by atoms with E-state index in [9.17, 15) is 8.42 Å². The summed E-state index contributed by atoms with van der Waals surface area (Å²) in [6, 6.07) is 2.10. The van der Waals surface area contributed by atoms with E-state index < -0.39 is 9.84 Å². The van der Waals surface area contributed by atoms with Crippen LogP contribution < -0.4 is 10.2 Å². The molecule has 6 heteroatoms. The lowest BCUT2D eigenvalue weighted by Crippen LogP contribution is -2.35. The maximum absolute atomic E-state index is 11.2. The van der Waals surface area contributed by atoms with Gasteiger partial charge in [-0.15, -0.1) is 0 Å². The van der Waals surface area contributed by atoms with E-state index in [2.05, 4.69) is 37.1 Å². The van der Waals surface area contributed by atoms with E-state index in [-0.39, 0.29) is 11.3 Å². The number of hydrogen-bond donors (Lipinski definition) is 1. The van der Waals surface area contributed by atoms with Crippen LogP contribution in [0.25, 0.3) is 0 Å². The minimum absolute atomic E-state index is 0.0683. The molecule has 0 aliphatic heterocycles. The van der Waals surface area contributed by atoms with E-state index in [0.717, 1.165) is 23.5 Å². The second kappa shape index (κ2) is 6.75. The Balaban J connectivity index is 2.73. The van der Waals surface area contributed by atoms with Crippen LogP contribution in [0.3, 0.4) is 0 Å². The molecule has 0 fully saturated rings. The summed E-state index contributed by atoms with van der Waals surface area (Å²) >= 11 is 0. The van der Waals surface area contributed by atoms with Crippen molar-refractivity contribution in [1.82, 2.24) is 10.3 Å². The van der Waals surface area contributed by atoms with Crippen LogP contribution in [0.5, 0.6) is 0 Å². The normalized spacial score (nSPS) is 12.5. The predicted molar refractivity (Wildman–Crippen MR) is 88.5 cm³/mol. The quantitative estimate of drug-likeness (QED) is 0.867. The monoisotopic (exact) mass is 313 g/mol. The second-order valence-corrected chi connectivity index (χ2v) is 8.90. The molecule has 0 saturated heterocycles. The van der Waals surface area contributed by atoms with Crippen LogP contribution >= 0.6 is 0 Å². The molecule has 1 aromatic heterocycles. The number of hydrogen-bond acceptors (Lipinski definition) is 5. The first-order chi connectivity index (χ1) is 9.48. The molecule has 0 atom stereocenters. The van der Waals surface area contributed by atoms with E-state index in [1.54, 1.807) is 0 Å². The molecule has 1 aromatic rings. The largest absolute Gasteiger partial charge is 0.358 e. The van der Waals surface area contributed by atoms with Gasteiger partial charge in [-0.1, -0.05) is 0 Å². The Labute approximate surface area is 128 Å². The van der Waals surface area contributed by atoms with Gasteiger partial charge in [-0.25, -0.2) is 13.4 Å². The van der Waals surface area contributed by atoms with E-state index in [0.29, 0.717) is 6.54 Å². The summed E-state index contributed by atoms with van der Waals surface area (Å²) < 4.78 is 22.5. The first-order valence-electron chi connectivity index (χ1n) is 7.07. The Morgan fingerprint density at radius 3 is 2.43 bits per heavy atom. The molecule has 120 valence electrons. The molecule has 5 nitrogen and oxygen atoms in total. The van der Waals surface area contributed by atoms with Gasteiger partial charge in [-0.05, 0) is 44.9 Å². The van der Waals surface area contributed by atoms with Crippen LogP contribution in [0, 0.1) is 6.92 Å². The number of anilines is 1. The van der Waals surface area contributed by atoms with Crippen LogP contribution in [-0.4, -0.2) is 44.5 Å². The van der Waals surface area contributed by atoms with Gasteiger partial charge in [0.2, 0.25) is 0 Å². The lowest BCUT2D eigenvalue weighted by atomic mass is 10.1. The third kappa shape index (κ3) is 6.91. The number of nitrogens with one attached hydrogen (secondary N) is 1. The van der Waals surface area contributed by atoms with Crippen molar-refractivity contribution in [3.8, 4) is 0 Å². The highest BCUT2D eigenvalue weighted by Gasteiger charge is 2.12. The molecule has 0 aliphatic rings. The average molecular weight is 313 g/mol. The van der Waals surface area contributed by atoms with E-state index >= 15 is 0 Å². The van der Waals surface area contributed by atoms with Gasteiger partial charge in [-0.2, -0.15) is 0 Å². The molecular weight excluding hydrogens is 286 g/mol. The highest BCUT2D eigenvalue weighted by Crippen LogP contribution is 2.17. The standard InChI is InChI=1S/C15H27N3O2S/c1-12-9-13(11-17-15(2,3)4)10-16-14(12)18(5)7-8-21(6,19)20/h9-10,17H,7-8,11H2,1-6H3. The summed E-state index contributed by atoms with van der Waals surface area (Å²) in [5.41, 5.74) is 2.25. The summed E-state index contributed by atoms with van der Waals surface area (Å²) in [4.78, 5) is 6.36. The number of aryl methyl sites for hydroxylation is 1. The van der Waals surface area contributed by atoms with Gasteiger partial charge in [0.25, 0.3) is 0 Å². The Hall–Kier alpha value is -1.14. The smallest absolute Gasteiger partial charge is 0.149 e. The molecule has 0 bridgehead atoms. The minimum Gasteiger partial charge on any atom is -0.358 e. The van der Waals surface area contributed by atoms with Crippen molar-refractivity contribution in [2.24, 2.45) is 0 Å². The molecule has 1 N–H and O–H groups in total. The van der Waals surface area contributed by atoms with Crippen LogP contribution in [-0.2, 0) is 16.4 Å². The van der Waals surface area contributed by atoms with Gasteiger partial charge in [0.05, 0.1) is 5.75 Å². The van der Waals surface area contributed by atoms with Crippen LogP contribution in [0.15, 0.2) is 12.3 Å². The number of nitrogens with zero attached hydrogens (tertiary/aromatic N) is 2. The number of sulfone groups is 1. The topological polar surface area (TPSA) is 62.3 Å². The lowest BCUT2D eigenvalue weighted by Gasteiger charge is -2.22. The van der Waals surface area contributed by atoms with E-state index in [1.807, 2.05) is 25.1 Å². The number of pyridine rings is 1. The zero-order valence-corrected chi connectivity index (χ0v) is 14.7. The molecule has 21 heavy (non-hydrogen) atoms. The third-order valence-corrected chi connectivity index (χ3v) is 4.01. The van der Waals surface area contributed by atoms with Crippen LogP contribution in [0.4, 0.5) is 5.82 Å². The van der Waals surface area contributed by atoms with Crippen molar-refractivity contribution in [2.45, 2.75) is 39.8 Å². The molecule has 1 heterocycles. The lowest BCUT2D eigenvalue weighted by molar-refractivity contribution is 0.424. The first-order valence-corrected chi connectivity index (χ1v) is 9.13. The molecular formula is C15H27N3O2S. The van der Waals surface area contributed by atoms with Crippen molar-refractivity contribution < 1.29 is 8.42 Å². The first kappa shape index (κ1) is 17.9. The van der Waals surface area contributed by atoms with E-state index in [4.69, 9.17) is 0 Å². The van der Waals surface area contributed by atoms with Crippen molar-refractivity contribution in [3.05, 3.63) is 23.4 Å². The van der Waals surface area contributed by atoms with E-state index in [1.165, 1.54) is 6.26 Å². The van der Waals surface area contributed by atoms with Gasteiger partial charge in [-0.3, -0.25) is 0 Å². The van der Waals surface area contributed by atoms with Gasteiger partial charge in [0.15, 0.2) is 0 Å². The average Bonchev–Trinajstić information content (AvgIpc) is 2.32. The molecule has 0 amide bonds. The molecule has 0 radical (unpaired) electrons. The van der Waals surface area contributed by atoms with Crippen molar-refractivity contribution >= 4 is 15.7 Å². The minimum atomic E-state index is -2.95. The highest BCUT2D eigenvalue weighted by atomic mass is 32.2. The van der Waals surface area contributed by atoms with Gasteiger partial charge < -0.3 is 10.2 Å². The number of aromatic nitrogens is 1. The Bertz CT molecular complexity index is 577. The molecule has 0 aliphatic carbocycles. The maximum atomic E-state index is 11.2.